The van der Waals surface area contributed by atoms with Crippen LogP contribution in [0.4, 0.5) is 23.1 Å². The van der Waals surface area contributed by atoms with Gasteiger partial charge >= 0.3 is 12.3 Å². The fourth-order valence-corrected chi connectivity index (χ4v) is 4.33. The number of thiazole rings is 1. The molecule has 3 aromatic rings. The lowest BCUT2D eigenvalue weighted by Crippen LogP contribution is -2.20. The van der Waals surface area contributed by atoms with E-state index in [1.165, 1.54) is 31.2 Å². The van der Waals surface area contributed by atoms with Gasteiger partial charge in [0.25, 0.3) is 0 Å². The van der Waals surface area contributed by atoms with E-state index >= 15 is 0 Å². The number of aromatic nitrogens is 3. The van der Waals surface area contributed by atoms with Gasteiger partial charge in [-0.1, -0.05) is 22.9 Å². The molecule has 160 valence electrons. The number of sulfonamides is 1. The number of nitrogens with one attached hydrogen (secondary N) is 1. The Labute approximate surface area is 176 Å². The fourth-order valence-electron chi connectivity index (χ4n) is 2.36. The molecule has 0 atom stereocenters. The van der Waals surface area contributed by atoms with Gasteiger partial charge in [-0.25, -0.2) is 28.0 Å². The lowest BCUT2D eigenvalue weighted by molar-refractivity contribution is -0.143. The number of alkyl halides is 3. The zero-order chi connectivity index (χ0) is 22.3. The number of primary sulfonamides is 1. The monoisotopic (exact) mass is 481 g/mol. The molecule has 0 bridgehead atoms. The van der Waals surface area contributed by atoms with Gasteiger partial charge in [-0.2, -0.15) is 18.3 Å². The van der Waals surface area contributed by atoms with E-state index in [0.717, 1.165) is 6.20 Å². The van der Waals surface area contributed by atoms with Crippen molar-refractivity contribution in [1.29, 1.82) is 0 Å². The maximum Gasteiger partial charge on any atom is 0.437 e. The summed E-state index contributed by atoms with van der Waals surface area (Å²) in [4.78, 5) is 15.8. The Morgan fingerprint density at radius 2 is 1.93 bits per heavy atom. The first-order valence-electron chi connectivity index (χ1n) is 7.76. The molecule has 0 aliphatic rings. The third-order valence-corrected chi connectivity index (χ3v) is 6.38. The Hall–Kier alpha value is -2.68. The highest BCUT2D eigenvalue weighted by atomic mass is 35.5. The molecule has 0 saturated carbocycles. The second kappa shape index (κ2) is 7.86. The van der Waals surface area contributed by atoms with Gasteiger partial charge in [-0.3, -0.25) is 5.32 Å². The standard InChI is InChI=1S/C15H11ClF3N5O4S2/c1-7-12(30(20,26)27)29-13(22-7)23-14(25)28-10-6-21-24(11(10)15(17,18)19)9-4-2-8(16)3-5-9/h2-6H,1H3,(H2,20,26,27)(H,22,23,25). The van der Waals surface area contributed by atoms with E-state index in [-0.39, 0.29) is 20.7 Å². The van der Waals surface area contributed by atoms with Gasteiger partial charge in [0, 0.05) is 5.02 Å². The van der Waals surface area contributed by atoms with E-state index < -0.39 is 33.7 Å². The van der Waals surface area contributed by atoms with Crippen molar-refractivity contribution in [2.45, 2.75) is 17.3 Å². The van der Waals surface area contributed by atoms with Crippen molar-refractivity contribution in [3.63, 3.8) is 0 Å². The quantitative estimate of drug-likeness (QED) is 0.586. The lowest BCUT2D eigenvalue weighted by atomic mass is 10.3. The number of hydrogen-bond acceptors (Lipinski definition) is 7. The van der Waals surface area contributed by atoms with E-state index in [1.54, 1.807) is 0 Å². The summed E-state index contributed by atoms with van der Waals surface area (Å²) in [6, 6.07) is 5.36. The van der Waals surface area contributed by atoms with Gasteiger partial charge < -0.3 is 4.74 Å². The van der Waals surface area contributed by atoms with Crippen molar-refractivity contribution in [3.05, 3.63) is 46.9 Å². The van der Waals surface area contributed by atoms with Crippen LogP contribution in [0, 0.1) is 6.92 Å². The van der Waals surface area contributed by atoms with Gasteiger partial charge in [-0.15, -0.1) is 0 Å². The number of nitrogens with zero attached hydrogens (tertiary/aromatic N) is 3. The van der Waals surface area contributed by atoms with Crippen molar-refractivity contribution in [2.24, 2.45) is 5.14 Å². The molecule has 0 unspecified atom stereocenters. The maximum absolute atomic E-state index is 13.6. The number of aryl methyl sites for hydroxylation is 1. The van der Waals surface area contributed by atoms with Gasteiger partial charge in [-0.05, 0) is 31.2 Å². The minimum atomic E-state index is -4.91. The molecule has 0 aliphatic heterocycles. The number of ether oxygens (including phenoxy) is 1. The van der Waals surface area contributed by atoms with Crippen LogP contribution in [0.15, 0.2) is 34.7 Å². The molecular formula is C15H11ClF3N5O4S2. The number of halogens is 4. The van der Waals surface area contributed by atoms with Crippen LogP contribution < -0.4 is 15.2 Å². The zero-order valence-corrected chi connectivity index (χ0v) is 17.2. The van der Waals surface area contributed by atoms with Crippen LogP contribution in [0.1, 0.15) is 11.4 Å². The molecular weight excluding hydrogens is 471 g/mol. The molecule has 0 aliphatic carbocycles. The summed E-state index contributed by atoms with van der Waals surface area (Å²) in [5.41, 5.74) is -1.28. The van der Waals surface area contributed by atoms with Crippen LogP contribution in [0.5, 0.6) is 5.75 Å². The van der Waals surface area contributed by atoms with Crippen LogP contribution in [0.3, 0.4) is 0 Å². The summed E-state index contributed by atoms with van der Waals surface area (Å²) in [5, 5.41) is 10.8. The number of benzene rings is 1. The van der Waals surface area contributed by atoms with Crippen molar-refractivity contribution in [1.82, 2.24) is 14.8 Å². The number of nitrogens with two attached hydrogens (primary N) is 1. The Morgan fingerprint density at radius 3 is 2.47 bits per heavy atom. The molecule has 9 nitrogen and oxygen atoms in total. The highest BCUT2D eigenvalue weighted by Gasteiger charge is 2.40. The third kappa shape index (κ3) is 4.72. The average molecular weight is 482 g/mol. The van der Waals surface area contributed by atoms with Gasteiger partial charge in [0.1, 0.15) is 0 Å². The predicted octanol–water partition coefficient (Wildman–Crippen LogP) is 3.57. The fraction of sp³-hybridized carbons (Fsp3) is 0.133. The number of carbonyl (C=O) groups excluding carboxylic acids is 1. The maximum atomic E-state index is 13.6. The van der Waals surface area contributed by atoms with E-state index in [4.69, 9.17) is 21.5 Å². The van der Waals surface area contributed by atoms with Crippen molar-refractivity contribution in [2.75, 3.05) is 5.32 Å². The van der Waals surface area contributed by atoms with E-state index in [1.807, 2.05) is 0 Å². The molecule has 15 heteroatoms. The second-order valence-corrected chi connectivity index (χ2v) is 8.89. The predicted molar refractivity (Wildman–Crippen MR) is 101 cm³/mol. The highest BCUT2D eigenvalue weighted by molar-refractivity contribution is 7.91. The molecule has 3 N–H and O–H groups in total. The molecule has 3 rings (SSSR count). The average Bonchev–Trinajstić information content (AvgIpc) is 3.18. The number of rotatable bonds is 4. The number of amides is 1. The summed E-state index contributed by atoms with van der Waals surface area (Å²) in [6.45, 7) is 1.34. The topological polar surface area (TPSA) is 129 Å². The first-order chi connectivity index (χ1) is 13.9. The Bertz CT molecular complexity index is 1210. The summed E-state index contributed by atoms with van der Waals surface area (Å²) in [6.07, 6.45) is -5.52. The van der Waals surface area contributed by atoms with Crippen LogP contribution in [0.2, 0.25) is 5.02 Å². The number of hydrogen-bond donors (Lipinski definition) is 2. The summed E-state index contributed by atoms with van der Waals surface area (Å²) < 4.78 is 68.6. The Morgan fingerprint density at radius 1 is 1.30 bits per heavy atom. The largest absolute Gasteiger partial charge is 0.437 e. The Kier molecular flexibility index (Phi) is 5.77. The highest BCUT2D eigenvalue weighted by Crippen LogP contribution is 2.38. The molecule has 0 fully saturated rings. The van der Waals surface area contributed by atoms with E-state index in [9.17, 15) is 26.4 Å². The van der Waals surface area contributed by atoms with Gasteiger partial charge in [0.05, 0.1) is 17.6 Å². The first kappa shape index (κ1) is 22.0. The Balaban J connectivity index is 1.88. The number of anilines is 1. The van der Waals surface area contributed by atoms with E-state index in [2.05, 4.69) is 15.4 Å². The van der Waals surface area contributed by atoms with Gasteiger partial charge in [0.2, 0.25) is 10.0 Å². The molecule has 1 amide bonds. The molecule has 2 aromatic heterocycles. The molecule has 30 heavy (non-hydrogen) atoms. The van der Waals surface area contributed by atoms with Crippen LogP contribution in [-0.2, 0) is 16.2 Å². The number of carbonyl (C=O) groups is 1. The van der Waals surface area contributed by atoms with Crippen LogP contribution in [0.25, 0.3) is 5.69 Å². The van der Waals surface area contributed by atoms with Crippen LogP contribution >= 0.6 is 22.9 Å². The van der Waals surface area contributed by atoms with Crippen molar-refractivity contribution >= 4 is 44.2 Å². The molecule has 0 spiro atoms. The second-order valence-electron chi connectivity index (χ2n) is 5.69. The SMILES string of the molecule is Cc1nc(NC(=O)Oc2cnn(-c3ccc(Cl)cc3)c2C(F)(F)F)sc1S(N)(=O)=O. The summed E-state index contributed by atoms with van der Waals surface area (Å²) in [5.74, 6) is -0.866. The third-order valence-electron chi connectivity index (χ3n) is 3.50. The first-order valence-corrected chi connectivity index (χ1v) is 10.5. The van der Waals surface area contributed by atoms with Crippen LogP contribution in [-0.4, -0.2) is 29.3 Å². The minimum Gasteiger partial charge on any atom is -0.406 e. The van der Waals surface area contributed by atoms with Gasteiger partial charge in [0.15, 0.2) is 20.8 Å². The van der Waals surface area contributed by atoms with Crippen molar-refractivity contribution < 1.29 is 31.1 Å². The lowest BCUT2D eigenvalue weighted by Gasteiger charge is -2.12. The molecule has 0 radical (unpaired) electrons. The molecule has 2 heterocycles. The normalized spacial score (nSPS) is 12.1. The van der Waals surface area contributed by atoms with Crippen molar-refractivity contribution in [3.8, 4) is 11.4 Å². The molecule has 0 saturated heterocycles. The minimum absolute atomic E-state index is 0.0179. The summed E-state index contributed by atoms with van der Waals surface area (Å²) >= 11 is 6.27. The smallest absolute Gasteiger partial charge is 0.406 e. The summed E-state index contributed by atoms with van der Waals surface area (Å²) in [7, 11) is -4.07. The molecule has 1 aromatic carbocycles. The zero-order valence-electron chi connectivity index (χ0n) is 14.8. The van der Waals surface area contributed by atoms with E-state index in [0.29, 0.717) is 21.0 Å².